The van der Waals surface area contributed by atoms with Crippen molar-refractivity contribution in [1.29, 1.82) is 0 Å². The monoisotopic (exact) mass is 848 g/mol. The number of nitrogen functional groups attached to an aromatic ring is 1. The van der Waals surface area contributed by atoms with Crippen LogP contribution in [0.2, 0.25) is 0 Å². The molecule has 3 N–H and O–H groups in total. The number of hydrogen-bond acceptors (Lipinski definition) is 11. The molecule has 6 heterocycles. The van der Waals surface area contributed by atoms with Gasteiger partial charge in [-0.2, -0.15) is 17.6 Å². The van der Waals surface area contributed by atoms with Gasteiger partial charge in [-0.05, 0) is 77.7 Å². The minimum atomic E-state index is -3.87. The second kappa shape index (κ2) is 15.1. The quantitative estimate of drug-likeness (QED) is 0.110. The lowest BCUT2D eigenvalue weighted by Crippen LogP contribution is -2.31. The van der Waals surface area contributed by atoms with Crippen LogP contribution in [0.3, 0.4) is 0 Å². The molecule has 0 spiro atoms. The Morgan fingerprint density at radius 1 is 0.825 bits per heavy atom. The number of aryl methyl sites for hydroxylation is 1. The van der Waals surface area contributed by atoms with E-state index < -0.39 is 15.4 Å². The third kappa shape index (κ3) is 6.57. The summed E-state index contributed by atoms with van der Waals surface area (Å²) < 4.78 is 28.0. The molecular weight excluding hydrogens is 809 g/mol. The van der Waals surface area contributed by atoms with Crippen molar-refractivity contribution in [1.82, 2.24) is 19.4 Å². The molecule has 14 heteroatoms. The van der Waals surface area contributed by atoms with Gasteiger partial charge in [-0.3, -0.25) is 5.10 Å². The van der Waals surface area contributed by atoms with Crippen LogP contribution in [0.5, 0.6) is 0 Å². The summed E-state index contributed by atoms with van der Waals surface area (Å²) in [5, 5.41) is 25.0. The fraction of sp³-hybridized carbons (Fsp3) is 0.233. The van der Waals surface area contributed by atoms with E-state index in [2.05, 4.69) is 85.8 Å². The number of allylic oxidation sites excluding steroid dienone is 2. The summed E-state index contributed by atoms with van der Waals surface area (Å²) in [7, 11) is -2.25. The van der Waals surface area contributed by atoms with Crippen LogP contribution in [0, 0.1) is 12.8 Å². The number of aromatic amines is 1. The summed E-state index contributed by atoms with van der Waals surface area (Å²) >= 11 is 6.96. The minimum absolute atomic E-state index is 0.117. The van der Waals surface area contributed by atoms with Gasteiger partial charge in [0.25, 0.3) is 10.0 Å². The second-order valence-electron chi connectivity index (χ2n) is 14.5. The van der Waals surface area contributed by atoms with E-state index in [1.54, 1.807) is 54.0 Å². The number of hydrogen-bond donors (Lipinski definition) is 2. The van der Waals surface area contributed by atoms with Crippen molar-refractivity contribution < 1.29 is 13.3 Å². The molecule has 0 aliphatic heterocycles. The van der Waals surface area contributed by atoms with Gasteiger partial charge in [-0.25, -0.2) is 0 Å². The van der Waals surface area contributed by atoms with Gasteiger partial charge < -0.3 is 10.6 Å². The lowest BCUT2D eigenvalue weighted by atomic mass is 9.74. The van der Waals surface area contributed by atoms with E-state index in [0.717, 1.165) is 37.2 Å². The van der Waals surface area contributed by atoms with Crippen molar-refractivity contribution in [2.24, 2.45) is 11.1 Å². The first-order chi connectivity index (χ1) is 27.7. The molecule has 3 aliphatic carbocycles. The van der Waals surface area contributed by atoms with Crippen LogP contribution in [0.15, 0.2) is 117 Å². The summed E-state index contributed by atoms with van der Waals surface area (Å²) in [5.41, 5.74) is 12.2. The Labute approximate surface area is 347 Å². The molecule has 290 valence electrons. The smallest absolute Gasteiger partial charge is 0.283 e. The fourth-order valence-electron chi connectivity index (χ4n) is 7.97. The standard InChI is InChI=1S/C22H19N3O2S3.C21H21N3OS2/c1-15-6-8-16(9-7-15)30(26,27)25-18-14-22(19-4-2-12-28-19,20-5-3-13-29-20)11-10-17(18)21(23)24-25;1-25-24-19(14-5-2-6-14)20-15-9-10-21(13-16(15)22-23-20,17-7-3-11-26-17)18-8-4-12-27-18/h2-13H,14H2,1H3,(H2,23,24);3-4,7-12,14H,2,5-6,13H2,1H3,(H,22,23). The number of H-pyrrole nitrogens is 1. The van der Waals surface area contributed by atoms with Gasteiger partial charge in [0.15, 0.2) is 5.82 Å². The normalized spacial score (nSPS) is 17.0. The summed E-state index contributed by atoms with van der Waals surface area (Å²) in [6.07, 6.45) is 13.6. The number of oxime groups is 1. The maximum Gasteiger partial charge on any atom is 0.283 e. The predicted molar refractivity (Wildman–Crippen MR) is 234 cm³/mol. The molecular formula is C43H40N6O3S5. The van der Waals surface area contributed by atoms with Crippen LogP contribution in [0.4, 0.5) is 5.82 Å². The van der Waals surface area contributed by atoms with Crippen LogP contribution in [0.25, 0.3) is 12.2 Å². The summed E-state index contributed by atoms with van der Waals surface area (Å²) in [5.74, 6) is 0.690. The Morgan fingerprint density at radius 2 is 1.37 bits per heavy atom. The average molecular weight is 849 g/mol. The summed E-state index contributed by atoms with van der Waals surface area (Å²) in [6, 6.07) is 23.8. The van der Waals surface area contributed by atoms with Crippen LogP contribution in [0.1, 0.15) is 72.5 Å². The largest absolute Gasteiger partial charge is 0.399 e. The summed E-state index contributed by atoms with van der Waals surface area (Å²) in [6.45, 7) is 1.92. The third-order valence-electron chi connectivity index (χ3n) is 11.2. The van der Waals surface area contributed by atoms with Crippen LogP contribution >= 0.6 is 45.3 Å². The molecule has 10 rings (SSSR count). The van der Waals surface area contributed by atoms with Crippen molar-refractivity contribution in [2.75, 3.05) is 12.8 Å². The van der Waals surface area contributed by atoms with E-state index in [9.17, 15) is 8.42 Å². The zero-order valence-corrected chi connectivity index (χ0v) is 35.4. The van der Waals surface area contributed by atoms with Gasteiger partial charge in [0, 0.05) is 55.1 Å². The second-order valence-corrected chi connectivity index (χ2v) is 20.1. The van der Waals surface area contributed by atoms with E-state index in [0.29, 0.717) is 23.6 Å². The molecule has 1 aromatic carbocycles. The highest BCUT2D eigenvalue weighted by Gasteiger charge is 2.42. The molecule has 7 aromatic rings. The molecule has 0 saturated heterocycles. The van der Waals surface area contributed by atoms with Gasteiger partial charge in [-0.1, -0.05) is 77.8 Å². The minimum Gasteiger partial charge on any atom is -0.399 e. The third-order valence-corrected chi connectivity index (χ3v) is 17.0. The first-order valence-electron chi connectivity index (χ1n) is 18.7. The number of nitrogens with one attached hydrogen (secondary N) is 1. The van der Waals surface area contributed by atoms with Crippen molar-refractivity contribution in [3.63, 3.8) is 0 Å². The Hall–Kier alpha value is -4.86. The van der Waals surface area contributed by atoms with Crippen LogP contribution < -0.4 is 5.73 Å². The maximum absolute atomic E-state index is 13.4. The number of nitrogens with two attached hydrogens (primary N) is 1. The number of benzene rings is 1. The van der Waals surface area contributed by atoms with Gasteiger partial charge in [0.05, 0.1) is 21.4 Å². The topological polar surface area (TPSA) is 128 Å². The Balaban J connectivity index is 0.000000149. The molecule has 9 nitrogen and oxygen atoms in total. The molecule has 57 heavy (non-hydrogen) atoms. The van der Waals surface area contributed by atoms with E-state index in [1.165, 1.54) is 40.3 Å². The number of thiophene rings is 4. The maximum atomic E-state index is 13.4. The number of rotatable bonds is 9. The molecule has 6 aromatic heterocycles. The zero-order valence-electron chi connectivity index (χ0n) is 31.3. The van der Waals surface area contributed by atoms with Crippen molar-refractivity contribution in [3.05, 3.63) is 160 Å². The molecule has 0 bridgehead atoms. The SMILES string of the molecule is CON=C(c1n[nH]c2c1C=CC(c1cccs1)(c1cccs1)C2)C1CCC1.Cc1ccc(S(=O)(=O)n2nc(N)c3c2CC(c2cccs2)(c2cccs2)C=C3)cc1. The highest BCUT2D eigenvalue weighted by atomic mass is 32.2. The molecule has 0 amide bonds. The highest BCUT2D eigenvalue weighted by Crippen LogP contribution is 2.47. The Kier molecular flexibility index (Phi) is 10.0. The molecule has 0 radical (unpaired) electrons. The van der Waals surface area contributed by atoms with E-state index >= 15 is 0 Å². The van der Waals surface area contributed by atoms with Gasteiger partial charge in [0.1, 0.15) is 18.5 Å². The van der Waals surface area contributed by atoms with E-state index in [-0.39, 0.29) is 16.1 Å². The van der Waals surface area contributed by atoms with Gasteiger partial charge >= 0.3 is 0 Å². The van der Waals surface area contributed by atoms with Gasteiger partial charge in [-0.15, -0.1) is 50.4 Å². The van der Waals surface area contributed by atoms with Crippen LogP contribution in [-0.4, -0.2) is 40.6 Å². The van der Waals surface area contributed by atoms with Crippen molar-refractivity contribution >= 4 is 79.1 Å². The first kappa shape index (κ1) is 37.7. The zero-order chi connectivity index (χ0) is 39.2. The average Bonchev–Trinajstić information content (AvgIpc) is 4.06. The number of fused-ring (bicyclic) bond motifs is 2. The van der Waals surface area contributed by atoms with Crippen LogP contribution in [-0.2, 0) is 38.5 Å². The van der Waals surface area contributed by atoms with Crippen molar-refractivity contribution in [2.45, 2.75) is 54.8 Å². The molecule has 1 fully saturated rings. The first-order valence-corrected chi connectivity index (χ1v) is 23.6. The Morgan fingerprint density at radius 3 is 1.86 bits per heavy atom. The lowest BCUT2D eigenvalue weighted by molar-refractivity contribution is 0.208. The molecule has 3 aliphatic rings. The predicted octanol–water partition coefficient (Wildman–Crippen LogP) is 9.93. The van der Waals surface area contributed by atoms with E-state index in [4.69, 9.17) is 10.6 Å². The highest BCUT2D eigenvalue weighted by molar-refractivity contribution is 7.89. The fourth-order valence-corrected chi connectivity index (χ4v) is 13.1. The Bertz CT molecular complexity index is 2610. The molecule has 0 unspecified atom stereocenters. The summed E-state index contributed by atoms with van der Waals surface area (Å²) in [4.78, 5) is 10.4. The number of anilines is 1. The van der Waals surface area contributed by atoms with Gasteiger partial charge in [0.2, 0.25) is 0 Å². The molecule has 0 atom stereocenters. The lowest BCUT2D eigenvalue weighted by Gasteiger charge is -2.32. The van der Waals surface area contributed by atoms with Crippen molar-refractivity contribution in [3.8, 4) is 0 Å². The molecule has 1 saturated carbocycles. The number of aromatic nitrogens is 4. The number of nitrogens with zero attached hydrogens (tertiary/aromatic N) is 4. The van der Waals surface area contributed by atoms with E-state index in [1.807, 2.05) is 58.6 Å².